The second-order valence-corrected chi connectivity index (χ2v) is 13.0. The summed E-state index contributed by atoms with van der Waals surface area (Å²) in [5, 5.41) is 0. The fourth-order valence-corrected chi connectivity index (χ4v) is 9.25. The number of esters is 1. The minimum atomic E-state index is -0.108. The van der Waals surface area contributed by atoms with Gasteiger partial charge >= 0.3 is 5.97 Å². The first-order chi connectivity index (χ1) is 15.6. The Kier molecular flexibility index (Phi) is 7.24. The topological polar surface area (TPSA) is 26.3 Å². The van der Waals surface area contributed by atoms with Gasteiger partial charge in [0, 0.05) is 6.92 Å². The van der Waals surface area contributed by atoms with E-state index in [0.29, 0.717) is 22.7 Å². The van der Waals surface area contributed by atoms with Gasteiger partial charge in [0.1, 0.15) is 6.10 Å². The van der Waals surface area contributed by atoms with Crippen LogP contribution in [0.5, 0.6) is 0 Å². The molecule has 0 radical (unpaired) electrons. The number of ether oxygens (including phenoxy) is 1. The fraction of sp³-hybridized carbons (Fsp3) is 0.839. The lowest BCUT2D eigenvalue weighted by atomic mass is 9.47. The second-order valence-electron chi connectivity index (χ2n) is 13.0. The minimum Gasteiger partial charge on any atom is -0.463 e. The molecule has 0 aromatic rings. The molecule has 0 saturated heterocycles. The van der Waals surface area contributed by atoms with E-state index in [1.54, 1.807) is 6.92 Å². The van der Waals surface area contributed by atoms with E-state index in [1.165, 1.54) is 63.4 Å². The van der Waals surface area contributed by atoms with Crippen molar-refractivity contribution in [2.45, 2.75) is 118 Å². The lowest BCUT2D eigenvalue weighted by Gasteiger charge is -2.58. The van der Waals surface area contributed by atoms with Crippen molar-refractivity contribution in [3.63, 3.8) is 0 Å². The molecule has 186 valence electrons. The molecule has 9 atom stereocenters. The quantitative estimate of drug-likeness (QED) is 0.284. The standard InChI is InChI=1S/C31H50O2/c1-8-23(20(2)3)10-9-21(4)27-13-14-28-26-12-11-24-19-25(33-22(5)32)15-17-30(24,6)29(26)16-18-31(27,28)7/h12,21,23-25,27-29H,2,8-11,13-19H2,1,3-7H3/t21-,23?,24?,25-,27?,28?,29?,30-,31+/m0/s1. The highest BCUT2D eigenvalue weighted by molar-refractivity contribution is 5.66. The van der Waals surface area contributed by atoms with Gasteiger partial charge in [-0.15, -0.1) is 0 Å². The summed E-state index contributed by atoms with van der Waals surface area (Å²) in [6.45, 7) is 18.1. The van der Waals surface area contributed by atoms with Crippen LogP contribution in [0, 0.1) is 46.3 Å². The number of hydrogen-bond acceptors (Lipinski definition) is 2. The summed E-state index contributed by atoms with van der Waals surface area (Å²) in [6.07, 6.45) is 16.9. The average molecular weight is 455 g/mol. The molecule has 0 aliphatic heterocycles. The Morgan fingerprint density at radius 1 is 1.09 bits per heavy atom. The Morgan fingerprint density at radius 2 is 1.79 bits per heavy atom. The van der Waals surface area contributed by atoms with E-state index in [1.807, 2.05) is 5.57 Å². The van der Waals surface area contributed by atoms with E-state index in [2.05, 4.69) is 47.3 Å². The summed E-state index contributed by atoms with van der Waals surface area (Å²) in [4.78, 5) is 11.5. The average Bonchev–Trinajstić information content (AvgIpc) is 3.11. The lowest BCUT2D eigenvalue weighted by Crippen LogP contribution is -2.50. The second kappa shape index (κ2) is 9.54. The van der Waals surface area contributed by atoms with Crippen LogP contribution in [0.2, 0.25) is 0 Å². The van der Waals surface area contributed by atoms with E-state index in [0.717, 1.165) is 36.5 Å². The van der Waals surface area contributed by atoms with Crippen molar-refractivity contribution in [1.82, 2.24) is 0 Å². The molecular weight excluding hydrogens is 404 g/mol. The number of carbonyl (C=O) groups excluding carboxylic acids is 1. The smallest absolute Gasteiger partial charge is 0.302 e. The van der Waals surface area contributed by atoms with Gasteiger partial charge in [0.15, 0.2) is 0 Å². The molecule has 4 aliphatic rings. The zero-order chi connectivity index (χ0) is 24.0. The third-order valence-corrected chi connectivity index (χ3v) is 11.3. The van der Waals surface area contributed by atoms with Crippen LogP contribution >= 0.6 is 0 Å². The van der Waals surface area contributed by atoms with Gasteiger partial charge in [-0.25, -0.2) is 0 Å². The minimum absolute atomic E-state index is 0.108. The Hall–Kier alpha value is -1.05. The summed E-state index contributed by atoms with van der Waals surface area (Å²) < 4.78 is 5.64. The molecule has 4 aliphatic carbocycles. The molecule has 5 unspecified atom stereocenters. The van der Waals surface area contributed by atoms with Crippen LogP contribution in [0.1, 0.15) is 112 Å². The van der Waals surface area contributed by atoms with Gasteiger partial charge in [-0.2, -0.15) is 0 Å². The molecule has 0 aromatic heterocycles. The number of carbonyl (C=O) groups is 1. The van der Waals surface area contributed by atoms with E-state index < -0.39 is 0 Å². The largest absolute Gasteiger partial charge is 0.463 e. The maximum atomic E-state index is 11.5. The molecule has 0 heterocycles. The van der Waals surface area contributed by atoms with Crippen LogP contribution in [0.3, 0.4) is 0 Å². The van der Waals surface area contributed by atoms with Crippen LogP contribution in [0.4, 0.5) is 0 Å². The summed E-state index contributed by atoms with van der Waals surface area (Å²) in [6, 6.07) is 0. The molecule has 0 amide bonds. The van der Waals surface area contributed by atoms with E-state index >= 15 is 0 Å². The van der Waals surface area contributed by atoms with Crippen molar-refractivity contribution in [3.8, 4) is 0 Å². The predicted molar refractivity (Wildman–Crippen MR) is 138 cm³/mol. The molecule has 0 N–H and O–H groups in total. The zero-order valence-corrected chi connectivity index (χ0v) is 22.4. The molecule has 0 spiro atoms. The monoisotopic (exact) mass is 454 g/mol. The number of allylic oxidation sites excluding steroid dienone is 3. The first-order valence-electron chi connectivity index (χ1n) is 14.1. The molecule has 3 fully saturated rings. The van der Waals surface area contributed by atoms with Gasteiger partial charge < -0.3 is 4.74 Å². The first kappa shape index (κ1) is 25.1. The fourth-order valence-electron chi connectivity index (χ4n) is 9.25. The molecule has 0 bridgehead atoms. The summed E-state index contributed by atoms with van der Waals surface area (Å²) in [5.74, 6) is 4.52. The molecule has 2 heteroatoms. The summed E-state index contributed by atoms with van der Waals surface area (Å²) in [7, 11) is 0. The Morgan fingerprint density at radius 3 is 2.45 bits per heavy atom. The molecule has 33 heavy (non-hydrogen) atoms. The number of rotatable bonds is 7. The van der Waals surface area contributed by atoms with Crippen molar-refractivity contribution in [1.29, 1.82) is 0 Å². The third kappa shape index (κ3) is 4.50. The highest BCUT2D eigenvalue weighted by Gasteiger charge is 2.58. The van der Waals surface area contributed by atoms with Gasteiger partial charge in [0.05, 0.1) is 0 Å². The highest BCUT2D eigenvalue weighted by Crippen LogP contribution is 2.67. The Balaban J connectivity index is 1.47. The van der Waals surface area contributed by atoms with E-state index in [4.69, 9.17) is 4.74 Å². The van der Waals surface area contributed by atoms with Crippen LogP contribution in [-0.2, 0) is 9.53 Å². The Labute approximate surface area is 204 Å². The van der Waals surface area contributed by atoms with Crippen molar-refractivity contribution in [2.24, 2.45) is 46.3 Å². The van der Waals surface area contributed by atoms with Gasteiger partial charge in [0.25, 0.3) is 0 Å². The van der Waals surface area contributed by atoms with Crippen molar-refractivity contribution in [3.05, 3.63) is 23.8 Å². The van der Waals surface area contributed by atoms with Gasteiger partial charge in [-0.1, -0.05) is 51.5 Å². The van der Waals surface area contributed by atoms with E-state index in [-0.39, 0.29) is 12.1 Å². The first-order valence-corrected chi connectivity index (χ1v) is 14.1. The summed E-state index contributed by atoms with van der Waals surface area (Å²) >= 11 is 0. The molecule has 3 saturated carbocycles. The SMILES string of the molecule is C=C(C)C(CC)CC[C@H](C)C1CCC2C3=CCC4C[C@@H](OC(C)=O)CC[C@]4(C)C3CC[C@@]21C. The summed E-state index contributed by atoms with van der Waals surface area (Å²) in [5.41, 5.74) is 4.11. The maximum absolute atomic E-state index is 11.5. The molecular formula is C31H50O2. The van der Waals surface area contributed by atoms with Gasteiger partial charge in [-0.3, -0.25) is 4.79 Å². The molecule has 0 aromatic carbocycles. The van der Waals surface area contributed by atoms with Crippen LogP contribution in [0.25, 0.3) is 0 Å². The Bertz CT molecular complexity index is 780. The van der Waals surface area contributed by atoms with Crippen LogP contribution < -0.4 is 0 Å². The predicted octanol–water partition coefficient (Wildman–Crippen LogP) is 8.52. The lowest BCUT2D eigenvalue weighted by molar-refractivity contribution is -0.152. The molecule has 4 rings (SSSR count). The third-order valence-electron chi connectivity index (χ3n) is 11.3. The van der Waals surface area contributed by atoms with Crippen molar-refractivity contribution >= 4 is 5.97 Å². The van der Waals surface area contributed by atoms with Gasteiger partial charge in [0.2, 0.25) is 0 Å². The van der Waals surface area contributed by atoms with Crippen molar-refractivity contribution < 1.29 is 9.53 Å². The van der Waals surface area contributed by atoms with Crippen molar-refractivity contribution in [2.75, 3.05) is 0 Å². The molecule has 2 nitrogen and oxygen atoms in total. The van der Waals surface area contributed by atoms with Crippen LogP contribution in [0.15, 0.2) is 23.8 Å². The van der Waals surface area contributed by atoms with Crippen LogP contribution in [-0.4, -0.2) is 12.1 Å². The normalized spacial score (nSPS) is 41.8. The number of fused-ring (bicyclic) bond motifs is 5. The number of hydrogen-bond donors (Lipinski definition) is 0. The van der Waals surface area contributed by atoms with Gasteiger partial charge in [-0.05, 0) is 124 Å². The maximum Gasteiger partial charge on any atom is 0.302 e. The highest BCUT2D eigenvalue weighted by atomic mass is 16.5. The van der Waals surface area contributed by atoms with E-state index in [9.17, 15) is 4.79 Å². The zero-order valence-electron chi connectivity index (χ0n) is 22.4.